The molecule has 2 N–H and O–H groups in total. The summed E-state index contributed by atoms with van der Waals surface area (Å²) in [6.07, 6.45) is 3.61. The molecule has 0 bridgehead atoms. The monoisotopic (exact) mass is 340 g/mol. The summed E-state index contributed by atoms with van der Waals surface area (Å²) in [6.45, 7) is 1.88. The van der Waals surface area contributed by atoms with Gasteiger partial charge in [-0.05, 0) is 25.3 Å². The van der Waals surface area contributed by atoms with E-state index in [1.807, 2.05) is 19.2 Å². The number of thioether (sulfide) groups is 1. The van der Waals surface area contributed by atoms with Crippen LogP contribution in [0.15, 0.2) is 40.6 Å². The van der Waals surface area contributed by atoms with E-state index in [1.54, 1.807) is 12.3 Å². The van der Waals surface area contributed by atoms with Crippen LogP contribution >= 0.6 is 11.8 Å². The smallest absolute Gasteiger partial charge is 0.189 e. The minimum absolute atomic E-state index is 0.320. The number of nitrogens with one attached hydrogen (secondary N) is 2. The largest absolute Gasteiger partial charge is 0.321 e. The lowest BCUT2D eigenvalue weighted by molar-refractivity contribution is 0.627. The Balaban J connectivity index is 1.99. The summed E-state index contributed by atoms with van der Waals surface area (Å²) >= 11 is 1.44. The Bertz CT molecular complexity index is 965. The lowest BCUT2D eigenvalue weighted by Crippen LogP contribution is -2.08. The van der Waals surface area contributed by atoms with Crippen LogP contribution < -0.4 is 5.32 Å². The fourth-order valence-corrected chi connectivity index (χ4v) is 2.86. The summed E-state index contributed by atoms with van der Waals surface area (Å²) < 4.78 is 13.7. The summed E-state index contributed by atoms with van der Waals surface area (Å²) in [4.78, 5) is 13.6. The molecule has 4 rings (SSSR count). The zero-order valence-corrected chi connectivity index (χ0v) is 13.8. The second-order valence-corrected chi connectivity index (χ2v) is 6.03. The van der Waals surface area contributed by atoms with Gasteiger partial charge in [0.15, 0.2) is 11.0 Å². The van der Waals surface area contributed by atoms with Crippen LogP contribution in [-0.4, -0.2) is 32.1 Å². The lowest BCUT2D eigenvalue weighted by atomic mass is 10.0. The SMILES string of the molecule is CSc1ncc2c(n1)Nc1n[nH]c(C)c1N=C2c1cccc(F)c1. The van der Waals surface area contributed by atoms with Crippen LogP contribution in [-0.2, 0) is 0 Å². The molecule has 0 radical (unpaired) electrons. The van der Waals surface area contributed by atoms with Crippen molar-refractivity contribution < 1.29 is 4.39 Å². The molecule has 1 aromatic carbocycles. The summed E-state index contributed by atoms with van der Waals surface area (Å²) in [5.74, 6) is 0.869. The lowest BCUT2D eigenvalue weighted by Gasteiger charge is -2.10. The number of H-pyrrole nitrogens is 1. The van der Waals surface area contributed by atoms with Crippen LogP contribution in [0.1, 0.15) is 16.8 Å². The van der Waals surface area contributed by atoms with Crippen LogP contribution in [0.5, 0.6) is 0 Å². The highest BCUT2D eigenvalue weighted by Crippen LogP contribution is 2.35. The van der Waals surface area contributed by atoms with Crippen molar-refractivity contribution in [2.24, 2.45) is 4.99 Å². The highest BCUT2D eigenvalue weighted by atomic mass is 32.2. The Morgan fingerprint density at radius 1 is 1.21 bits per heavy atom. The Morgan fingerprint density at radius 2 is 2.08 bits per heavy atom. The number of anilines is 2. The van der Waals surface area contributed by atoms with Crippen molar-refractivity contribution in [2.75, 3.05) is 11.6 Å². The van der Waals surface area contributed by atoms with E-state index in [1.165, 1.54) is 23.9 Å². The number of nitrogens with zero attached hydrogens (tertiary/aromatic N) is 4. The number of hydrogen-bond donors (Lipinski definition) is 2. The van der Waals surface area contributed by atoms with E-state index in [-0.39, 0.29) is 5.82 Å². The number of benzene rings is 1. The van der Waals surface area contributed by atoms with Crippen molar-refractivity contribution in [3.8, 4) is 0 Å². The first kappa shape index (κ1) is 14.8. The molecule has 0 fully saturated rings. The highest BCUT2D eigenvalue weighted by Gasteiger charge is 2.23. The van der Waals surface area contributed by atoms with Crippen LogP contribution in [0.25, 0.3) is 0 Å². The molecule has 0 saturated carbocycles. The Hall–Kier alpha value is -2.74. The normalized spacial score (nSPS) is 12.7. The molecule has 6 nitrogen and oxygen atoms in total. The first-order valence-corrected chi connectivity index (χ1v) is 8.46. The second kappa shape index (κ2) is 5.72. The molecule has 0 saturated heterocycles. The van der Waals surface area contributed by atoms with E-state index in [2.05, 4.69) is 25.5 Å². The van der Waals surface area contributed by atoms with Gasteiger partial charge in [0, 0.05) is 11.8 Å². The summed E-state index contributed by atoms with van der Waals surface area (Å²) in [7, 11) is 0. The molecular weight excluding hydrogens is 327 g/mol. The molecule has 1 aliphatic rings. The molecule has 0 atom stereocenters. The summed E-state index contributed by atoms with van der Waals surface area (Å²) in [5, 5.41) is 11.0. The van der Waals surface area contributed by atoms with Crippen molar-refractivity contribution in [3.63, 3.8) is 0 Å². The van der Waals surface area contributed by atoms with Crippen LogP contribution in [0, 0.1) is 12.7 Å². The third kappa shape index (κ3) is 2.44. The summed E-state index contributed by atoms with van der Waals surface area (Å²) in [6, 6.07) is 6.33. The molecule has 3 heterocycles. The van der Waals surface area contributed by atoms with Gasteiger partial charge in [0.05, 0.1) is 17.0 Å². The maximum atomic E-state index is 13.7. The number of fused-ring (bicyclic) bond motifs is 2. The van der Waals surface area contributed by atoms with Gasteiger partial charge >= 0.3 is 0 Å². The molecule has 0 unspecified atom stereocenters. The minimum atomic E-state index is -0.320. The van der Waals surface area contributed by atoms with Gasteiger partial charge in [-0.25, -0.2) is 19.4 Å². The van der Waals surface area contributed by atoms with Crippen molar-refractivity contribution in [1.29, 1.82) is 0 Å². The quantitative estimate of drug-likeness (QED) is 0.431. The van der Waals surface area contributed by atoms with Gasteiger partial charge in [0.2, 0.25) is 0 Å². The van der Waals surface area contributed by atoms with E-state index >= 15 is 0 Å². The average Bonchev–Trinajstić information content (AvgIpc) is 2.84. The Labute approximate surface area is 141 Å². The molecule has 8 heteroatoms. The van der Waals surface area contributed by atoms with Gasteiger partial charge in [-0.3, -0.25) is 5.10 Å². The van der Waals surface area contributed by atoms with Crippen LogP contribution in [0.3, 0.4) is 0 Å². The van der Waals surface area contributed by atoms with E-state index in [0.717, 1.165) is 5.69 Å². The summed E-state index contributed by atoms with van der Waals surface area (Å²) in [5.41, 5.74) is 3.46. The van der Waals surface area contributed by atoms with Gasteiger partial charge in [-0.15, -0.1) is 0 Å². The number of aliphatic imine (C=N–C) groups is 1. The van der Waals surface area contributed by atoms with Gasteiger partial charge in [0.1, 0.15) is 17.3 Å². The van der Waals surface area contributed by atoms with Gasteiger partial charge in [0.25, 0.3) is 0 Å². The zero-order chi connectivity index (χ0) is 16.7. The van der Waals surface area contributed by atoms with Gasteiger partial charge in [-0.2, -0.15) is 5.10 Å². The molecule has 24 heavy (non-hydrogen) atoms. The molecule has 3 aromatic rings. The average molecular weight is 340 g/mol. The van der Waals surface area contributed by atoms with Crippen molar-refractivity contribution in [3.05, 3.63) is 53.1 Å². The third-order valence-electron chi connectivity index (χ3n) is 3.68. The molecule has 0 amide bonds. The molecule has 2 aromatic heterocycles. The topological polar surface area (TPSA) is 78.9 Å². The number of halogens is 1. The van der Waals surface area contributed by atoms with Crippen LogP contribution in [0.2, 0.25) is 0 Å². The Morgan fingerprint density at radius 3 is 2.88 bits per heavy atom. The highest BCUT2D eigenvalue weighted by molar-refractivity contribution is 7.98. The molecule has 120 valence electrons. The number of aromatic nitrogens is 4. The number of aryl methyl sites for hydroxylation is 1. The van der Waals surface area contributed by atoms with E-state index < -0.39 is 0 Å². The standard InChI is InChI=1S/C16H13FN6S/c1-8-12-15(23-22-8)20-14-11(7-18-16(21-14)24-2)13(19-12)9-4-3-5-10(17)6-9/h3-7H,1-2H3,(H2,18,20,21,22,23). The van der Waals surface area contributed by atoms with E-state index in [9.17, 15) is 4.39 Å². The number of aromatic amines is 1. The first-order valence-electron chi connectivity index (χ1n) is 7.23. The molecule has 0 aliphatic carbocycles. The van der Waals surface area contributed by atoms with E-state index in [0.29, 0.717) is 39.3 Å². The van der Waals surface area contributed by atoms with Crippen molar-refractivity contribution >= 4 is 34.8 Å². The van der Waals surface area contributed by atoms with Crippen LogP contribution in [0.4, 0.5) is 21.7 Å². The molecule has 1 aliphatic heterocycles. The second-order valence-electron chi connectivity index (χ2n) is 5.26. The van der Waals surface area contributed by atoms with Gasteiger partial charge < -0.3 is 5.32 Å². The van der Waals surface area contributed by atoms with Crippen molar-refractivity contribution in [2.45, 2.75) is 12.1 Å². The first-order chi connectivity index (χ1) is 11.7. The molecule has 0 spiro atoms. The number of rotatable bonds is 2. The van der Waals surface area contributed by atoms with Crippen molar-refractivity contribution in [1.82, 2.24) is 20.2 Å². The number of hydrogen-bond acceptors (Lipinski definition) is 6. The fraction of sp³-hybridized carbons (Fsp3) is 0.125. The van der Waals surface area contributed by atoms with E-state index in [4.69, 9.17) is 4.99 Å². The molecular formula is C16H13FN6S. The maximum absolute atomic E-state index is 13.7. The predicted molar refractivity (Wildman–Crippen MR) is 92.1 cm³/mol. The fourth-order valence-electron chi connectivity index (χ4n) is 2.52. The Kier molecular flexibility index (Phi) is 3.53. The third-order valence-corrected chi connectivity index (χ3v) is 4.24. The minimum Gasteiger partial charge on any atom is -0.321 e. The zero-order valence-electron chi connectivity index (χ0n) is 13.0. The predicted octanol–water partition coefficient (Wildman–Crippen LogP) is 3.60. The van der Waals surface area contributed by atoms with Gasteiger partial charge in [-0.1, -0.05) is 23.9 Å². The maximum Gasteiger partial charge on any atom is 0.189 e.